The fourth-order valence-corrected chi connectivity index (χ4v) is 3.40. The van der Waals surface area contributed by atoms with E-state index in [1.54, 1.807) is 7.05 Å². The summed E-state index contributed by atoms with van der Waals surface area (Å²) in [5.41, 5.74) is 2.35. The summed E-state index contributed by atoms with van der Waals surface area (Å²) in [6, 6.07) is 16.1. The van der Waals surface area contributed by atoms with Crippen molar-refractivity contribution in [3.8, 4) is 5.75 Å². The molecule has 0 aromatic heterocycles. The van der Waals surface area contributed by atoms with E-state index in [4.69, 9.17) is 21.1 Å². The molecule has 1 aliphatic rings. The van der Waals surface area contributed by atoms with Gasteiger partial charge in [-0.3, -0.25) is 9.89 Å². The molecule has 0 unspecified atom stereocenters. The van der Waals surface area contributed by atoms with Crippen molar-refractivity contribution < 1.29 is 9.47 Å². The van der Waals surface area contributed by atoms with Gasteiger partial charge in [-0.2, -0.15) is 0 Å². The highest BCUT2D eigenvalue weighted by Crippen LogP contribution is 2.17. The zero-order chi connectivity index (χ0) is 21.0. The molecule has 1 saturated heterocycles. The Labute approximate surface area is 184 Å². The van der Waals surface area contributed by atoms with E-state index in [1.165, 1.54) is 5.56 Å². The zero-order valence-electron chi connectivity index (χ0n) is 17.6. The predicted molar refractivity (Wildman–Crippen MR) is 123 cm³/mol. The van der Waals surface area contributed by atoms with Gasteiger partial charge in [-0.25, -0.2) is 0 Å². The molecule has 6 nitrogen and oxygen atoms in total. The van der Waals surface area contributed by atoms with Crippen LogP contribution in [0.3, 0.4) is 0 Å². The monoisotopic (exact) mass is 430 g/mol. The highest BCUT2D eigenvalue weighted by molar-refractivity contribution is 6.30. The van der Waals surface area contributed by atoms with Crippen LogP contribution in [0.2, 0.25) is 5.02 Å². The lowest BCUT2D eigenvalue weighted by atomic mass is 10.1. The van der Waals surface area contributed by atoms with Crippen LogP contribution in [-0.2, 0) is 17.7 Å². The van der Waals surface area contributed by atoms with E-state index in [-0.39, 0.29) is 0 Å². The number of rotatable bonds is 9. The molecular weight excluding hydrogens is 400 g/mol. The average Bonchev–Trinajstić information content (AvgIpc) is 2.79. The van der Waals surface area contributed by atoms with E-state index in [0.29, 0.717) is 13.2 Å². The summed E-state index contributed by atoms with van der Waals surface area (Å²) >= 11 is 5.94. The predicted octanol–water partition coefficient (Wildman–Crippen LogP) is 2.96. The van der Waals surface area contributed by atoms with Crippen molar-refractivity contribution in [2.75, 3.05) is 53.0 Å². The molecule has 30 heavy (non-hydrogen) atoms. The van der Waals surface area contributed by atoms with Crippen LogP contribution < -0.4 is 15.4 Å². The summed E-state index contributed by atoms with van der Waals surface area (Å²) in [4.78, 5) is 6.69. The molecule has 0 amide bonds. The largest absolute Gasteiger partial charge is 0.492 e. The number of halogens is 1. The lowest BCUT2D eigenvalue weighted by molar-refractivity contribution is 0.0322. The maximum atomic E-state index is 6.06. The smallest absolute Gasteiger partial charge is 0.191 e. The first-order chi connectivity index (χ1) is 14.7. The number of para-hydroxylation sites is 1. The van der Waals surface area contributed by atoms with Gasteiger partial charge >= 0.3 is 0 Å². The van der Waals surface area contributed by atoms with Crippen molar-refractivity contribution in [1.82, 2.24) is 15.5 Å². The molecule has 2 aromatic rings. The van der Waals surface area contributed by atoms with Gasteiger partial charge in [-0.1, -0.05) is 41.9 Å². The van der Waals surface area contributed by atoms with Gasteiger partial charge in [0.05, 0.1) is 13.2 Å². The molecule has 0 radical (unpaired) electrons. The van der Waals surface area contributed by atoms with Gasteiger partial charge in [0.25, 0.3) is 0 Å². The van der Waals surface area contributed by atoms with Crippen LogP contribution >= 0.6 is 11.6 Å². The second-order valence-corrected chi connectivity index (χ2v) is 7.58. The summed E-state index contributed by atoms with van der Waals surface area (Å²) in [6.07, 6.45) is 0.902. The number of hydrogen-bond acceptors (Lipinski definition) is 4. The maximum Gasteiger partial charge on any atom is 0.191 e. The Bertz CT molecular complexity index is 792. The molecule has 7 heteroatoms. The molecule has 0 bridgehead atoms. The molecule has 1 aliphatic heterocycles. The Morgan fingerprint density at radius 2 is 1.87 bits per heavy atom. The minimum absolute atomic E-state index is 0.647. The quantitative estimate of drug-likeness (QED) is 0.473. The topological polar surface area (TPSA) is 58.1 Å². The lowest BCUT2D eigenvalue weighted by Crippen LogP contribution is -2.39. The number of ether oxygens (including phenoxy) is 2. The van der Waals surface area contributed by atoms with Crippen LogP contribution in [0.4, 0.5) is 0 Å². The molecule has 2 N–H and O–H groups in total. The molecule has 2 aromatic carbocycles. The first-order valence-electron chi connectivity index (χ1n) is 10.4. The van der Waals surface area contributed by atoms with Gasteiger partial charge in [0, 0.05) is 50.4 Å². The van der Waals surface area contributed by atoms with Gasteiger partial charge in [-0.15, -0.1) is 0 Å². The van der Waals surface area contributed by atoms with E-state index < -0.39 is 0 Å². The summed E-state index contributed by atoms with van der Waals surface area (Å²) in [7, 11) is 1.78. The van der Waals surface area contributed by atoms with Crippen LogP contribution in [0, 0.1) is 0 Å². The average molecular weight is 431 g/mol. The number of aliphatic imine (C=N–C) groups is 1. The third-order valence-electron chi connectivity index (χ3n) is 5.03. The number of hydrogen-bond donors (Lipinski definition) is 2. The van der Waals surface area contributed by atoms with E-state index in [0.717, 1.165) is 68.1 Å². The third kappa shape index (κ3) is 7.52. The summed E-state index contributed by atoms with van der Waals surface area (Å²) in [5, 5.41) is 7.49. The maximum absolute atomic E-state index is 6.06. The van der Waals surface area contributed by atoms with Crippen LogP contribution in [0.25, 0.3) is 0 Å². The molecule has 0 saturated carbocycles. The SMILES string of the molecule is CN=C(NCCc1ccc(Cl)cc1)NCc1ccccc1OCCN1CCOCC1. The summed E-state index contributed by atoms with van der Waals surface area (Å²) in [6.45, 7) is 6.60. The van der Waals surface area contributed by atoms with Gasteiger partial charge in [0.2, 0.25) is 0 Å². The van der Waals surface area contributed by atoms with Crippen molar-refractivity contribution in [1.29, 1.82) is 0 Å². The fourth-order valence-electron chi connectivity index (χ4n) is 3.28. The molecule has 1 heterocycles. The first-order valence-corrected chi connectivity index (χ1v) is 10.8. The molecular formula is C23H31ClN4O2. The first kappa shape index (κ1) is 22.4. The number of nitrogens with zero attached hydrogens (tertiary/aromatic N) is 2. The molecule has 0 spiro atoms. The number of nitrogens with one attached hydrogen (secondary N) is 2. The van der Waals surface area contributed by atoms with Gasteiger partial charge in [0.1, 0.15) is 12.4 Å². The Hall–Kier alpha value is -2.28. The van der Waals surface area contributed by atoms with E-state index in [1.807, 2.05) is 42.5 Å². The van der Waals surface area contributed by atoms with E-state index >= 15 is 0 Å². The Kier molecular flexibility index (Phi) is 9.28. The van der Waals surface area contributed by atoms with Crippen LogP contribution in [0.1, 0.15) is 11.1 Å². The standard InChI is InChI=1S/C23H31ClN4O2/c1-25-23(26-11-10-19-6-8-21(24)9-7-19)27-18-20-4-2-3-5-22(20)30-17-14-28-12-15-29-16-13-28/h2-9H,10-18H2,1H3,(H2,25,26,27). The third-order valence-corrected chi connectivity index (χ3v) is 5.28. The second-order valence-electron chi connectivity index (χ2n) is 7.14. The van der Waals surface area contributed by atoms with Crippen LogP contribution in [0.15, 0.2) is 53.5 Å². The fraction of sp³-hybridized carbons (Fsp3) is 0.435. The van der Waals surface area contributed by atoms with Crippen molar-refractivity contribution in [2.24, 2.45) is 4.99 Å². The van der Waals surface area contributed by atoms with Gasteiger partial charge in [-0.05, 0) is 30.2 Å². The van der Waals surface area contributed by atoms with Gasteiger partial charge < -0.3 is 20.1 Å². The van der Waals surface area contributed by atoms with Gasteiger partial charge in [0.15, 0.2) is 5.96 Å². The summed E-state index contributed by atoms with van der Waals surface area (Å²) in [5.74, 6) is 1.68. The Morgan fingerprint density at radius 1 is 1.10 bits per heavy atom. The Balaban J connectivity index is 1.42. The number of guanidine groups is 1. The van der Waals surface area contributed by atoms with Crippen molar-refractivity contribution in [3.05, 3.63) is 64.7 Å². The van der Waals surface area contributed by atoms with Crippen molar-refractivity contribution in [3.63, 3.8) is 0 Å². The second kappa shape index (κ2) is 12.4. The number of benzene rings is 2. The molecule has 3 rings (SSSR count). The van der Waals surface area contributed by atoms with Crippen molar-refractivity contribution in [2.45, 2.75) is 13.0 Å². The molecule has 1 fully saturated rings. The van der Waals surface area contributed by atoms with Crippen molar-refractivity contribution >= 4 is 17.6 Å². The minimum atomic E-state index is 0.647. The highest BCUT2D eigenvalue weighted by Gasteiger charge is 2.10. The minimum Gasteiger partial charge on any atom is -0.492 e. The highest BCUT2D eigenvalue weighted by atomic mass is 35.5. The number of morpholine rings is 1. The van der Waals surface area contributed by atoms with E-state index in [2.05, 4.69) is 26.6 Å². The molecule has 0 atom stereocenters. The zero-order valence-corrected chi connectivity index (χ0v) is 18.3. The van der Waals surface area contributed by atoms with E-state index in [9.17, 15) is 0 Å². The van der Waals surface area contributed by atoms with Crippen LogP contribution in [0.5, 0.6) is 5.75 Å². The van der Waals surface area contributed by atoms with Crippen LogP contribution in [-0.4, -0.2) is 63.9 Å². The Morgan fingerprint density at radius 3 is 2.63 bits per heavy atom. The summed E-state index contributed by atoms with van der Waals surface area (Å²) < 4.78 is 11.5. The normalized spacial score (nSPS) is 15.1. The molecule has 0 aliphatic carbocycles. The molecule has 162 valence electrons. The lowest BCUT2D eigenvalue weighted by Gasteiger charge is -2.26.